The first-order valence-corrected chi connectivity index (χ1v) is 7.65. The van der Waals surface area contributed by atoms with Gasteiger partial charge in [0.25, 0.3) is 0 Å². The van der Waals surface area contributed by atoms with E-state index in [1.165, 1.54) is 12.8 Å². The number of nitrogens with zero attached hydrogens (tertiary/aromatic N) is 4. The van der Waals surface area contributed by atoms with E-state index >= 15 is 0 Å². The number of aryl methyl sites for hydroxylation is 2. The lowest BCUT2D eigenvalue weighted by Gasteiger charge is -2.09. The van der Waals surface area contributed by atoms with E-state index < -0.39 is 0 Å². The van der Waals surface area contributed by atoms with Crippen molar-refractivity contribution in [2.75, 3.05) is 5.73 Å². The Bertz CT molecular complexity index is 775. The molecule has 0 fully saturated rings. The Kier molecular flexibility index (Phi) is 3.73. The Morgan fingerprint density at radius 2 is 2.00 bits per heavy atom. The largest absolute Gasteiger partial charge is 0.382 e. The number of nitrogens with two attached hydrogens (primary N) is 1. The van der Waals surface area contributed by atoms with Gasteiger partial charge in [-0.15, -0.1) is 0 Å². The molecule has 0 spiro atoms. The van der Waals surface area contributed by atoms with Gasteiger partial charge in [-0.25, -0.2) is 9.97 Å². The van der Waals surface area contributed by atoms with Crippen molar-refractivity contribution in [3.8, 4) is 0 Å². The second kappa shape index (κ2) is 5.68. The van der Waals surface area contributed by atoms with E-state index in [9.17, 15) is 0 Å². The average molecular weight is 283 g/mol. The molecule has 0 bridgehead atoms. The second-order valence-electron chi connectivity index (χ2n) is 5.31. The SMILES string of the molecule is CCCCCn1c(CC)nc2c(N)nc3cccnc3c21. The van der Waals surface area contributed by atoms with Crippen molar-refractivity contribution < 1.29 is 0 Å². The molecular formula is C16H21N5. The molecule has 3 rings (SSSR count). The Morgan fingerprint density at radius 3 is 2.76 bits per heavy atom. The maximum atomic E-state index is 6.10. The van der Waals surface area contributed by atoms with Crippen LogP contribution in [0.4, 0.5) is 5.82 Å². The van der Waals surface area contributed by atoms with E-state index in [0.29, 0.717) is 5.82 Å². The number of hydrogen-bond donors (Lipinski definition) is 1. The van der Waals surface area contributed by atoms with Crippen LogP contribution in [0.2, 0.25) is 0 Å². The lowest BCUT2D eigenvalue weighted by atomic mass is 10.2. The Hall–Kier alpha value is -2.17. The smallest absolute Gasteiger partial charge is 0.152 e. The van der Waals surface area contributed by atoms with E-state index in [1.807, 2.05) is 12.1 Å². The summed E-state index contributed by atoms with van der Waals surface area (Å²) in [7, 11) is 0. The van der Waals surface area contributed by atoms with Crippen LogP contribution < -0.4 is 5.73 Å². The molecule has 0 aromatic carbocycles. The number of fused-ring (bicyclic) bond motifs is 3. The first-order chi connectivity index (χ1) is 10.3. The summed E-state index contributed by atoms with van der Waals surface area (Å²) in [5.74, 6) is 1.56. The van der Waals surface area contributed by atoms with Gasteiger partial charge in [-0.3, -0.25) is 4.98 Å². The van der Waals surface area contributed by atoms with Crippen LogP contribution in [-0.2, 0) is 13.0 Å². The van der Waals surface area contributed by atoms with Crippen molar-refractivity contribution in [2.24, 2.45) is 0 Å². The monoisotopic (exact) mass is 283 g/mol. The molecule has 0 saturated carbocycles. The zero-order chi connectivity index (χ0) is 14.8. The molecular weight excluding hydrogens is 262 g/mol. The third-order valence-electron chi connectivity index (χ3n) is 3.84. The zero-order valence-corrected chi connectivity index (χ0v) is 12.6. The minimum Gasteiger partial charge on any atom is -0.382 e. The van der Waals surface area contributed by atoms with Crippen molar-refractivity contribution in [3.05, 3.63) is 24.2 Å². The van der Waals surface area contributed by atoms with Gasteiger partial charge >= 0.3 is 0 Å². The first-order valence-electron chi connectivity index (χ1n) is 7.65. The molecule has 0 atom stereocenters. The van der Waals surface area contributed by atoms with Gasteiger partial charge < -0.3 is 10.3 Å². The van der Waals surface area contributed by atoms with Crippen LogP contribution in [-0.4, -0.2) is 19.5 Å². The molecule has 0 aliphatic carbocycles. The van der Waals surface area contributed by atoms with E-state index in [4.69, 9.17) is 10.7 Å². The predicted molar refractivity (Wildman–Crippen MR) is 86.1 cm³/mol. The van der Waals surface area contributed by atoms with Crippen LogP contribution in [0.3, 0.4) is 0 Å². The average Bonchev–Trinajstić information content (AvgIpc) is 2.87. The third kappa shape index (κ3) is 2.33. The topological polar surface area (TPSA) is 69.6 Å². The quantitative estimate of drug-likeness (QED) is 0.729. The molecule has 3 heterocycles. The molecule has 0 radical (unpaired) electrons. The second-order valence-corrected chi connectivity index (χ2v) is 5.31. The number of hydrogen-bond acceptors (Lipinski definition) is 4. The summed E-state index contributed by atoms with van der Waals surface area (Å²) >= 11 is 0. The molecule has 3 aromatic rings. The summed E-state index contributed by atoms with van der Waals surface area (Å²) in [4.78, 5) is 13.6. The van der Waals surface area contributed by atoms with Crippen LogP contribution in [0.5, 0.6) is 0 Å². The minimum atomic E-state index is 0.495. The summed E-state index contributed by atoms with van der Waals surface area (Å²) < 4.78 is 2.28. The highest BCUT2D eigenvalue weighted by Crippen LogP contribution is 2.27. The number of imidazole rings is 1. The molecule has 5 heteroatoms. The van der Waals surface area contributed by atoms with Gasteiger partial charge in [0.2, 0.25) is 0 Å². The van der Waals surface area contributed by atoms with Crippen LogP contribution in [0.1, 0.15) is 38.9 Å². The molecule has 0 aliphatic rings. The Morgan fingerprint density at radius 1 is 1.14 bits per heavy atom. The first kappa shape index (κ1) is 13.8. The van der Waals surface area contributed by atoms with E-state index in [1.54, 1.807) is 6.20 Å². The van der Waals surface area contributed by atoms with Crippen LogP contribution in [0, 0.1) is 0 Å². The van der Waals surface area contributed by atoms with E-state index in [-0.39, 0.29) is 0 Å². The lowest BCUT2D eigenvalue weighted by Crippen LogP contribution is -2.04. The maximum absolute atomic E-state index is 6.10. The number of anilines is 1. The van der Waals surface area contributed by atoms with Crippen LogP contribution in [0.15, 0.2) is 18.3 Å². The standard InChI is InChI=1S/C16H21N5/c1-3-5-6-10-21-12(4-2)20-14-15(21)13-11(19-16(14)17)8-7-9-18-13/h7-9H,3-6,10H2,1-2H3,(H2,17,19). The summed E-state index contributed by atoms with van der Waals surface area (Å²) in [6.45, 7) is 5.30. The molecule has 21 heavy (non-hydrogen) atoms. The summed E-state index contributed by atoms with van der Waals surface area (Å²) in [5.41, 5.74) is 9.65. The highest BCUT2D eigenvalue weighted by atomic mass is 15.1. The van der Waals surface area contributed by atoms with Gasteiger partial charge in [-0.1, -0.05) is 26.7 Å². The van der Waals surface area contributed by atoms with Gasteiger partial charge in [0.1, 0.15) is 22.4 Å². The summed E-state index contributed by atoms with van der Waals surface area (Å²) in [6, 6.07) is 3.84. The van der Waals surface area contributed by atoms with Crippen molar-refractivity contribution in [3.63, 3.8) is 0 Å². The molecule has 3 aromatic heterocycles. The van der Waals surface area contributed by atoms with E-state index in [2.05, 4.69) is 28.4 Å². The highest BCUT2D eigenvalue weighted by Gasteiger charge is 2.16. The van der Waals surface area contributed by atoms with Crippen molar-refractivity contribution in [2.45, 2.75) is 46.1 Å². The fourth-order valence-corrected chi connectivity index (χ4v) is 2.80. The normalized spacial score (nSPS) is 11.5. The summed E-state index contributed by atoms with van der Waals surface area (Å²) in [5, 5.41) is 0. The van der Waals surface area contributed by atoms with Crippen LogP contribution in [0.25, 0.3) is 22.1 Å². The van der Waals surface area contributed by atoms with Gasteiger partial charge in [0.15, 0.2) is 5.82 Å². The number of aromatic nitrogens is 4. The lowest BCUT2D eigenvalue weighted by molar-refractivity contribution is 0.594. The van der Waals surface area contributed by atoms with Crippen molar-refractivity contribution in [1.82, 2.24) is 19.5 Å². The van der Waals surface area contributed by atoms with Crippen molar-refractivity contribution >= 4 is 27.9 Å². The fraction of sp³-hybridized carbons (Fsp3) is 0.438. The third-order valence-corrected chi connectivity index (χ3v) is 3.84. The molecule has 110 valence electrons. The van der Waals surface area contributed by atoms with Gasteiger partial charge in [-0.05, 0) is 18.6 Å². The number of pyridine rings is 2. The van der Waals surface area contributed by atoms with Gasteiger partial charge in [-0.2, -0.15) is 0 Å². The highest BCUT2D eigenvalue weighted by molar-refractivity contribution is 6.04. The van der Waals surface area contributed by atoms with Gasteiger partial charge in [0.05, 0.1) is 5.52 Å². The number of unbranched alkanes of at least 4 members (excludes halogenated alkanes) is 2. The van der Waals surface area contributed by atoms with Gasteiger partial charge in [0, 0.05) is 19.2 Å². The Labute approximate surface area is 124 Å². The molecule has 0 amide bonds. The molecule has 5 nitrogen and oxygen atoms in total. The van der Waals surface area contributed by atoms with Crippen molar-refractivity contribution in [1.29, 1.82) is 0 Å². The molecule has 0 saturated heterocycles. The number of nitrogen functional groups attached to an aromatic ring is 1. The molecule has 0 aliphatic heterocycles. The van der Waals surface area contributed by atoms with E-state index in [0.717, 1.165) is 47.3 Å². The summed E-state index contributed by atoms with van der Waals surface area (Å²) in [6.07, 6.45) is 6.25. The van der Waals surface area contributed by atoms with Crippen LogP contribution >= 0.6 is 0 Å². The minimum absolute atomic E-state index is 0.495. The molecule has 0 unspecified atom stereocenters. The zero-order valence-electron chi connectivity index (χ0n) is 12.6. The number of rotatable bonds is 5. The molecule has 2 N–H and O–H groups in total. The maximum Gasteiger partial charge on any atom is 0.152 e. The fourth-order valence-electron chi connectivity index (χ4n) is 2.80. The predicted octanol–water partition coefficient (Wildman–Crippen LogP) is 3.31. The Balaban J connectivity index is 2.27.